The monoisotopic (exact) mass is 420 g/mol. The van der Waals surface area contributed by atoms with Crippen molar-refractivity contribution >= 4 is 34.4 Å². The molecule has 5 rings (SSSR count). The number of benzene rings is 2. The molecule has 30 heavy (non-hydrogen) atoms. The number of amides is 1. The predicted octanol–water partition coefficient (Wildman–Crippen LogP) is 3.10. The quantitative estimate of drug-likeness (QED) is 0.398. The van der Waals surface area contributed by atoms with E-state index >= 15 is 0 Å². The Labute approximate surface area is 176 Å². The molecule has 3 N–H and O–H groups in total. The first-order valence-corrected chi connectivity index (χ1v) is 10.8. The fourth-order valence-corrected chi connectivity index (χ4v) is 4.15. The van der Waals surface area contributed by atoms with Gasteiger partial charge in [-0.15, -0.1) is 10.2 Å². The van der Waals surface area contributed by atoms with Gasteiger partial charge < -0.3 is 19.9 Å². The van der Waals surface area contributed by atoms with Gasteiger partial charge in [-0.2, -0.15) is 0 Å². The standard InChI is InChI=1S/C21H20N6O2S/c28-18(22-15-8-9-16-17(10-15)24-20(29)23-16)12-30-21-26-25-19(14-6-7-14)27(21)11-13-4-2-1-3-5-13/h1-5,8-10,14H,6-7,11-12H2,(H,22,28)(H2,23,24,29). The van der Waals surface area contributed by atoms with Crippen LogP contribution in [0.2, 0.25) is 0 Å². The highest BCUT2D eigenvalue weighted by atomic mass is 32.2. The van der Waals surface area contributed by atoms with E-state index in [0.29, 0.717) is 29.2 Å². The number of anilines is 1. The SMILES string of the molecule is O=C(CSc1nnc(C2CC2)n1Cc1ccccc1)Nc1ccc2[nH]c(=O)[nH]c2c1. The van der Waals surface area contributed by atoms with E-state index in [9.17, 15) is 9.59 Å². The molecule has 0 unspecified atom stereocenters. The highest BCUT2D eigenvalue weighted by Crippen LogP contribution is 2.40. The number of carbonyl (C=O) groups is 1. The summed E-state index contributed by atoms with van der Waals surface area (Å²) in [5.41, 5.74) is 2.90. The third-order valence-electron chi connectivity index (χ3n) is 5.00. The number of aromatic amines is 2. The number of carbonyl (C=O) groups excluding carboxylic acids is 1. The minimum atomic E-state index is -0.270. The molecule has 0 bridgehead atoms. The molecule has 4 aromatic rings. The number of H-pyrrole nitrogens is 2. The molecule has 0 saturated heterocycles. The molecular formula is C21H20N6O2S. The lowest BCUT2D eigenvalue weighted by atomic mass is 10.2. The maximum Gasteiger partial charge on any atom is 0.323 e. The summed E-state index contributed by atoms with van der Waals surface area (Å²) in [6.07, 6.45) is 2.28. The lowest BCUT2D eigenvalue weighted by molar-refractivity contribution is -0.113. The van der Waals surface area contributed by atoms with Crippen molar-refractivity contribution in [3.8, 4) is 0 Å². The maximum absolute atomic E-state index is 12.5. The zero-order valence-electron chi connectivity index (χ0n) is 16.1. The van der Waals surface area contributed by atoms with Gasteiger partial charge in [0.15, 0.2) is 5.16 Å². The maximum atomic E-state index is 12.5. The van der Waals surface area contributed by atoms with Gasteiger partial charge in [-0.3, -0.25) is 4.79 Å². The van der Waals surface area contributed by atoms with E-state index in [1.165, 1.54) is 17.3 Å². The van der Waals surface area contributed by atoms with Crippen LogP contribution in [0.3, 0.4) is 0 Å². The fourth-order valence-electron chi connectivity index (χ4n) is 3.40. The van der Waals surface area contributed by atoms with Crippen LogP contribution in [-0.2, 0) is 11.3 Å². The summed E-state index contributed by atoms with van der Waals surface area (Å²) in [6, 6.07) is 15.5. The van der Waals surface area contributed by atoms with Crippen molar-refractivity contribution in [3.05, 3.63) is 70.4 Å². The molecule has 0 spiro atoms. The number of imidazole rings is 1. The molecule has 1 aliphatic rings. The van der Waals surface area contributed by atoms with Crippen LogP contribution < -0.4 is 11.0 Å². The number of hydrogen-bond acceptors (Lipinski definition) is 5. The summed E-state index contributed by atoms with van der Waals surface area (Å²) in [4.78, 5) is 29.2. The molecule has 0 radical (unpaired) electrons. The zero-order valence-corrected chi connectivity index (χ0v) is 16.9. The first-order valence-electron chi connectivity index (χ1n) is 9.77. The predicted molar refractivity (Wildman–Crippen MR) is 116 cm³/mol. The molecule has 1 amide bonds. The Kier molecular flexibility index (Phi) is 4.88. The number of fused-ring (bicyclic) bond motifs is 1. The van der Waals surface area contributed by atoms with E-state index in [2.05, 4.69) is 42.2 Å². The molecule has 8 nitrogen and oxygen atoms in total. The van der Waals surface area contributed by atoms with Crippen LogP contribution in [0.1, 0.15) is 30.1 Å². The minimum Gasteiger partial charge on any atom is -0.325 e. The Bertz CT molecular complexity index is 1260. The Morgan fingerprint density at radius 1 is 1.10 bits per heavy atom. The van der Waals surface area contributed by atoms with E-state index in [-0.39, 0.29) is 17.3 Å². The summed E-state index contributed by atoms with van der Waals surface area (Å²) < 4.78 is 2.13. The lowest BCUT2D eigenvalue weighted by Gasteiger charge is -2.10. The Morgan fingerprint density at radius 2 is 1.90 bits per heavy atom. The van der Waals surface area contributed by atoms with Gasteiger partial charge in [-0.25, -0.2) is 4.79 Å². The number of hydrogen-bond donors (Lipinski definition) is 3. The van der Waals surface area contributed by atoms with Crippen LogP contribution in [0.25, 0.3) is 11.0 Å². The smallest absolute Gasteiger partial charge is 0.323 e. The van der Waals surface area contributed by atoms with Gasteiger partial charge in [0.25, 0.3) is 0 Å². The average molecular weight is 420 g/mol. The molecular weight excluding hydrogens is 400 g/mol. The molecule has 1 aliphatic carbocycles. The summed E-state index contributed by atoms with van der Waals surface area (Å²) >= 11 is 1.38. The van der Waals surface area contributed by atoms with E-state index in [1.54, 1.807) is 18.2 Å². The van der Waals surface area contributed by atoms with Gasteiger partial charge in [-0.05, 0) is 36.6 Å². The number of rotatable bonds is 7. The van der Waals surface area contributed by atoms with Crippen molar-refractivity contribution in [2.75, 3.05) is 11.1 Å². The molecule has 2 aromatic heterocycles. The van der Waals surface area contributed by atoms with E-state index in [0.717, 1.165) is 23.8 Å². The molecule has 2 aromatic carbocycles. The molecule has 1 saturated carbocycles. The number of nitrogens with zero attached hydrogens (tertiary/aromatic N) is 3. The van der Waals surface area contributed by atoms with Crippen molar-refractivity contribution in [2.24, 2.45) is 0 Å². The van der Waals surface area contributed by atoms with Crippen LogP contribution in [0.4, 0.5) is 5.69 Å². The topological polar surface area (TPSA) is 108 Å². The largest absolute Gasteiger partial charge is 0.325 e. The van der Waals surface area contributed by atoms with E-state index in [1.807, 2.05) is 18.2 Å². The second kappa shape index (κ2) is 7.83. The number of nitrogens with one attached hydrogen (secondary N) is 3. The van der Waals surface area contributed by atoms with Crippen molar-refractivity contribution < 1.29 is 4.79 Å². The molecule has 0 aliphatic heterocycles. The van der Waals surface area contributed by atoms with Crippen LogP contribution >= 0.6 is 11.8 Å². The van der Waals surface area contributed by atoms with Crippen LogP contribution in [0, 0.1) is 0 Å². The lowest BCUT2D eigenvalue weighted by Crippen LogP contribution is -2.15. The summed E-state index contributed by atoms with van der Waals surface area (Å²) in [5.74, 6) is 1.56. The third kappa shape index (κ3) is 4.02. The van der Waals surface area contributed by atoms with E-state index < -0.39 is 0 Å². The van der Waals surface area contributed by atoms with Crippen molar-refractivity contribution in [3.63, 3.8) is 0 Å². The first kappa shape index (κ1) is 18.7. The van der Waals surface area contributed by atoms with Gasteiger partial charge in [0.05, 0.1) is 23.3 Å². The van der Waals surface area contributed by atoms with Gasteiger partial charge in [0.2, 0.25) is 5.91 Å². The second-order valence-corrected chi connectivity index (χ2v) is 8.31. The van der Waals surface area contributed by atoms with Crippen molar-refractivity contribution in [2.45, 2.75) is 30.5 Å². The fraction of sp³-hybridized carbons (Fsp3) is 0.238. The van der Waals surface area contributed by atoms with Gasteiger partial charge in [-0.1, -0.05) is 42.1 Å². The zero-order chi connectivity index (χ0) is 20.5. The highest BCUT2D eigenvalue weighted by molar-refractivity contribution is 7.99. The number of aromatic nitrogens is 5. The Hall–Kier alpha value is -3.33. The Morgan fingerprint density at radius 3 is 2.70 bits per heavy atom. The van der Waals surface area contributed by atoms with Crippen molar-refractivity contribution in [1.29, 1.82) is 0 Å². The first-order chi connectivity index (χ1) is 14.7. The van der Waals surface area contributed by atoms with E-state index in [4.69, 9.17) is 0 Å². The molecule has 1 fully saturated rings. The normalized spacial score (nSPS) is 13.6. The van der Waals surface area contributed by atoms with Crippen LogP contribution in [0.5, 0.6) is 0 Å². The minimum absolute atomic E-state index is 0.139. The van der Waals surface area contributed by atoms with Crippen LogP contribution in [0.15, 0.2) is 58.5 Å². The molecule has 2 heterocycles. The van der Waals surface area contributed by atoms with Gasteiger partial charge in [0.1, 0.15) is 5.82 Å². The highest BCUT2D eigenvalue weighted by Gasteiger charge is 2.30. The Balaban J connectivity index is 1.28. The van der Waals surface area contributed by atoms with Gasteiger partial charge in [0, 0.05) is 11.6 Å². The average Bonchev–Trinajstić information content (AvgIpc) is 3.40. The third-order valence-corrected chi connectivity index (χ3v) is 5.97. The second-order valence-electron chi connectivity index (χ2n) is 7.36. The van der Waals surface area contributed by atoms with Crippen molar-refractivity contribution in [1.82, 2.24) is 24.7 Å². The number of thioether (sulfide) groups is 1. The summed E-state index contributed by atoms with van der Waals surface area (Å²) in [5, 5.41) is 12.4. The molecule has 9 heteroatoms. The summed E-state index contributed by atoms with van der Waals surface area (Å²) in [6.45, 7) is 0.696. The van der Waals surface area contributed by atoms with Crippen LogP contribution in [-0.4, -0.2) is 36.4 Å². The molecule has 0 atom stereocenters. The molecule has 152 valence electrons. The van der Waals surface area contributed by atoms with Gasteiger partial charge >= 0.3 is 5.69 Å². The summed E-state index contributed by atoms with van der Waals surface area (Å²) in [7, 11) is 0.